The van der Waals surface area contributed by atoms with Crippen molar-refractivity contribution in [3.8, 4) is 0 Å². The van der Waals surface area contributed by atoms with E-state index < -0.39 is 23.7 Å². The summed E-state index contributed by atoms with van der Waals surface area (Å²) in [5.41, 5.74) is 1.29. The van der Waals surface area contributed by atoms with Crippen LogP contribution in [0.5, 0.6) is 0 Å². The smallest absolute Gasteiger partial charge is 0.326 e. The number of carbonyl (C=O) groups excluding carboxylic acids is 2. The average Bonchev–Trinajstić information content (AvgIpc) is 3.06. The summed E-state index contributed by atoms with van der Waals surface area (Å²) in [5.74, 6) is -2.10. The van der Waals surface area contributed by atoms with E-state index in [1.807, 2.05) is 11.9 Å². The first kappa shape index (κ1) is 31.4. The lowest BCUT2D eigenvalue weighted by atomic mass is 9.94. The number of benzene rings is 1. The first-order chi connectivity index (χ1) is 21.3. The number of rotatable bonds is 9. The monoisotopic (exact) mass is 611 g/mol. The number of carbonyl (C=O) groups is 3. The topological polar surface area (TPSA) is 140 Å². The number of carboxylic acids is 1. The summed E-state index contributed by atoms with van der Waals surface area (Å²) in [6.45, 7) is 2.83. The summed E-state index contributed by atoms with van der Waals surface area (Å²) in [6, 6.07) is 5.77. The molecule has 2 aliphatic heterocycles. The Morgan fingerprint density at radius 1 is 1.05 bits per heavy atom. The van der Waals surface area contributed by atoms with Gasteiger partial charge in [-0.25, -0.2) is 19.6 Å². The number of morpholine rings is 1. The maximum Gasteiger partial charge on any atom is 0.326 e. The van der Waals surface area contributed by atoms with Gasteiger partial charge in [-0.3, -0.25) is 4.79 Å². The van der Waals surface area contributed by atoms with E-state index in [1.54, 1.807) is 34.1 Å². The summed E-state index contributed by atoms with van der Waals surface area (Å²) in [6.07, 6.45) is 8.09. The molecule has 5 rings (SSSR count). The van der Waals surface area contributed by atoms with Gasteiger partial charge in [0.05, 0.1) is 19.1 Å². The molecule has 13 heteroatoms. The highest BCUT2D eigenvalue weighted by molar-refractivity contribution is 5.89. The minimum atomic E-state index is -1.15. The predicted molar refractivity (Wildman–Crippen MR) is 163 cm³/mol. The Bertz CT molecular complexity index is 1300. The number of halogens is 1. The molecular formula is C31H42FN7O5. The molecule has 238 valence electrons. The second kappa shape index (κ2) is 14.7. The van der Waals surface area contributed by atoms with Gasteiger partial charge in [0, 0.05) is 51.4 Å². The highest BCUT2D eigenvalue weighted by Crippen LogP contribution is 2.31. The van der Waals surface area contributed by atoms with Crippen LogP contribution in [-0.2, 0) is 20.7 Å². The van der Waals surface area contributed by atoms with Crippen LogP contribution in [0.1, 0.15) is 50.5 Å². The number of aliphatic carboxylic acids is 1. The number of hydrogen-bond donors (Lipinski definition) is 3. The normalized spacial score (nSPS) is 20.1. The Kier molecular flexibility index (Phi) is 10.5. The van der Waals surface area contributed by atoms with Crippen molar-refractivity contribution in [1.82, 2.24) is 20.2 Å². The molecule has 3 N–H and O–H groups in total. The molecule has 1 aromatic carbocycles. The van der Waals surface area contributed by atoms with Crippen LogP contribution in [0, 0.1) is 11.7 Å². The minimum Gasteiger partial charge on any atom is -0.480 e. The molecule has 2 atom stereocenters. The van der Waals surface area contributed by atoms with Crippen molar-refractivity contribution in [2.45, 2.75) is 63.5 Å². The van der Waals surface area contributed by atoms with E-state index in [9.17, 15) is 19.5 Å². The summed E-state index contributed by atoms with van der Waals surface area (Å²) >= 11 is 0. The molecule has 3 fully saturated rings. The molecule has 1 saturated carbocycles. The van der Waals surface area contributed by atoms with Gasteiger partial charge < -0.3 is 35.2 Å². The van der Waals surface area contributed by atoms with Gasteiger partial charge >= 0.3 is 12.0 Å². The number of amides is 3. The van der Waals surface area contributed by atoms with Gasteiger partial charge in [0.25, 0.3) is 0 Å². The quantitative estimate of drug-likeness (QED) is 0.390. The van der Waals surface area contributed by atoms with Gasteiger partial charge in [-0.15, -0.1) is 0 Å². The van der Waals surface area contributed by atoms with Gasteiger partial charge in [0.1, 0.15) is 12.4 Å². The molecule has 1 aromatic heterocycles. The van der Waals surface area contributed by atoms with Crippen molar-refractivity contribution in [3.63, 3.8) is 0 Å². The molecule has 0 spiro atoms. The lowest BCUT2D eigenvalue weighted by Gasteiger charge is -2.35. The lowest BCUT2D eigenvalue weighted by molar-refractivity contribution is -0.142. The molecule has 12 nitrogen and oxygen atoms in total. The van der Waals surface area contributed by atoms with Crippen molar-refractivity contribution in [2.24, 2.45) is 5.92 Å². The van der Waals surface area contributed by atoms with Gasteiger partial charge in [-0.2, -0.15) is 4.39 Å². The van der Waals surface area contributed by atoms with Crippen LogP contribution in [0.25, 0.3) is 0 Å². The zero-order valence-corrected chi connectivity index (χ0v) is 25.2. The van der Waals surface area contributed by atoms with Crippen molar-refractivity contribution >= 4 is 35.2 Å². The zero-order chi connectivity index (χ0) is 31.1. The first-order valence-corrected chi connectivity index (χ1v) is 15.5. The van der Waals surface area contributed by atoms with Crippen LogP contribution >= 0.6 is 0 Å². The lowest BCUT2D eigenvalue weighted by Crippen LogP contribution is -2.49. The molecule has 44 heavy (non-hydrogen) atoms. The van der Waals surface area contributed by atoms with Crippen molar-refractivity contribution in [2.75, 3.05) is 61.6 Å². The summed E-state index contributed by atoms with van der Waals surface area (Å²) in [4.78, 5) is 51.6. The number of piperidine rings is 1. The second-order valence-corrected chi connectivity index (χ2v) is 11.9. The third-order valence-electron chi connectivity index (χ3n) is 8.86. The number of urea groups is 1. The van der Waals surface area contributed by atoms with Gasteiger partial charge in [-0.05, 0) is 43.4 Å². The fourth-order valence-electron chi connectivity index (χ4n) is 6.26. The van der Waals surface area contributed by atoms with Crippen LogP contribution in [0.3, 0.4) is 0 Å². The van der Waals surface area contributed by atoms with Crippen LogP contribution in [0.2, 0.25) is 0 Å². The number of aromatic nitrogens is 2. The predicted octanol–water partition coefficient (Wildman–Crippen LogP) is 3.28. The van der Waals surface area contributed by atoms with E-state index >= 15 is 4.39 Å². The highest BCUT2D eigenvalue weighted by atomic mass is 19.1. The zero-order valence-electron chi connectivity index (χ0n) is 25.2. The molecule has 3 amide bonds. The number of nitrogens with zero attached hydrogens (tertiary/aromatic N) is 5. The number of anilines is 3. The molecule has 3 heterocycles. The maximum atomic E-state index is 15.7. The summed E-state index contributed by atoms with van der Waals surface area (Å²) < 4.78 is 21.0. The molecule has 0 radical (unpaired) electrons. The minimum absolute atomic E-state index is 0.0760. The Morgan fingerprint density at radius 3 is 2.48 bits per heavy atom. The third-order valence-corrected chi connectivity index (χ3v) is 8.86. The van der Waals surface area contributed by atoms with Crippen LogP contribution in [0.15, 0.2) is 30.6 Å². The molecule has 2 saturated heterocycles. The van der Waals surface area contributed by atoms with Crippen molar-refractivity contribution in [1.29, 1.82) is 0 Å². The van der Waals surface area contributed by atoms with Crippen LogP contribution in [0.4, 0.5) is 26.5 Å². The largest absolute Gasteiger partial charge is 0.480 e. The van der Waals surface area contributed by atoms with Crippen LogP contribution in [-0.4, -0.2) is 96.4 Å². The van der Waals surface area contributed by atoms with E-state index in [2.05, 4.69) is 20.6 Å². The van der Waals surface area contributed by atoms with E-state index in [0.717, 1.165) is 25.7 Å². The maximum absolute atomic E-state index is 15.7. The Labute approximate surface area is 257 Å². The SMILES string of the molecule is CN(c1ncnc(N2CCCC(C(=O)N[C@@H](Cc3ccc(NC(=O)N4CCOCC4)cc3)C(=O)O)C2)c1F)C1CCCCC1. The van der Waals surface area contributed by atoms with Gasteiger partial charge in [-0.1, -0.05) is 31.4 Å². The molecule has 1 aliphatic carbocycles. The van der Waals surface area contributed by atoms with Crippen molar-refractivity contribution in [3.05, 3.63) is 42.0 Å². The first-order valence-electron chi connectivity index (χ1n) is 15.5. The van der Waals surface area contributed by atoms with Crippen LogP contribution < -0.4 is 20.4 Å². The Morgan fingerprint density at radius 2 is 1.77 bits per heavy atom. The second-order valence-electron chi connectivity index (χ2n) is 11.9. The Hall–Kier alpha value is -4.00. The fraction of sp³-hybridized carbons (Fsp3) is 0.581. The number of nitrogens with one attached hydrogen (secondary N) is 2. The van der Waals surface area contributed by atoms with Crippen molar-refractivity contribution < 1.29 is 28.6 Å². The summed E-state index contributed by atoms with van der Waals surface area (Å²) in [5, 5.41) is 15.4. The standard InChI is InChI=1S/C31H42FN7O5/c1-37(24-7-3-2-4-8-24)27-26(32)28(34-20-33-27)39-13-5-6-22(19-39)29(40)36-25(30(41)42)18-21-9-11-23(12-10-21)35-31(43)38-14-16-44-17-15-38/h9-12,20,22,24-25H,2-8,13-19H2,1H3,(H,35,43)(H,36,40)(H,41,42)/t22?,25-/m0/s1. The molecule has 2 aromatic rings. The molecule has 0 bridgehead atoms. The van der Waals surface area contributed by atoms with E-state index in [-0.39, 0.29) is 42.6 Å². The number of ether oxygens (including phenoxy) is 1. The van der Waals surface area contributed by atoms with Gasteiger partial charge in [0.15, 0.2) is 11.6 Å². The fourth-order valence-corrected chi connectivity index (χ4v) is 6.26. The molecule has 1 unspecified atom stereocenters. The average molecular weight is 612 g/mol. The number of carboxylic acid groups (broad SMARTS) is 1. The van der Waals surface area contributed by atoms with E-state index in [0.29, 0.717) is 56.9 Å². The van der Waals surface area contributed by atoms with E-state index in [4.69, 9.17) is 4.74 Å². The highest BCUT2D eigenvalue weighted by Gasteiger charge is 2.32. The summed E-state index contributed by atoms with van der Waals surface area (Å²) in [7, 11) is 1.87. The molecular weight excluding hydrogens is 569 g/mol. The van der Waals surface area contributed by atoms with E-state index in [1.165, 1.54) is 12.7 Å². The third kappa shape index (κ3) is 7.74. The molecule has 3 aliphatic rings. The number of hydrogen-bond acceptors (Lipinski definition) is 8. The van der Waals surface area contributed by atoms with Gasteiger partial charge in [0.2, 0.25) is 11.7 Å². The Balaban J connectivity index is 1.18.